The zero-order chi connectivity index (χ0) is 0. The van der Waals surface area contributed by atoms with Crippen LogP contribution in [0.4, 0.5) is 0 Å². The van der Waals surface area contributed by atoms with Crippen molar-refractivity contribution in [1.29, 1.82) is 0 Å². The monoisotopic (exact) mass is 409 g/mol. The van der Waals surface area contributed by atoms with Crippen LogP contribution in [-0.4, -0.2) is 68.5 Å². The normalized spacial score (nSPS) is 0. The summed E-state index contributed by atoms with van der Waals surface area (Å²) in [4.78, 5) is 0. The van der Waals surface area contributed by atoms with Gasteiger partial charge in [-0.1, -0.05) is 0 Å². The van der Waals surface area contributed by atoms with Gasteiger partial charge in [0.15, 0.2) is 0 Å². The molecule has 0 heterocycles. The SMILES string of the molecule is [Gd].[La].[Mg].[Sr]. The Hall–Kier alpha value is 4.77. The van der Waals surface area contributed by atoms with E-state index in [-0.39, 0.29) is 144 Å². The first kappa shape index (κ1) is 23.3. The quantitative estimate of drug-likeness (QED) is 0.463. The predicted molar refractivity (Wildman–Crippen MR) is 11.5 cm³/mol. The molecular formula is GdLaMgSr. The summed E-state index contributed by atoms with van der Waals surface area (Å²) in [5.74, 6) is 0. The van der Waals surface area contributed by atoms with Crippen molar-refractivity contribution in [2.45, 2.75) is 0 Å². The molecule has 0 bridgehead atoms. The van der Waals surface area contributed by atoms with E-state index in [1.54, 1.807) is 0 Å². The van der Waals surface area contributed by atoms with Gasteiger partial charge in [-0.15, -0.1) is 0 Å². The van der Waals surface area contributed by atoms with Crippen LogP contribution in [0.1, 0.15) is 0 Å². The average molecular weight is 408 g/mol. The van der Waals surface area contributed by atoms with Crippen molar-refractivity contribution in [2.75, 3.05) is 0 Å². The molecule has 5 radical (unpaired) electrons. The van der Waals surface area contributed by atoms with Crippen LogP contribution in [0, 0.1) is 75.5 Å². The second kappa shape index (κ2) is 15.7. The molecule has 0 nitrogen and oxygen atoms in total. The van der Waals surface area contributed by atoms with Crippen molar-refractivity contribution in [1.82, 2.24) is 0 Å². The second-order valence-corrected chi connectivity index (χ2v) is 0. The Balaban J connectivity index is 0. The zero-order valence-corrected chi connectivity index (χ0v) is 13.1. The van der Waals surface area contributed by atoms with E-state index in [9.17, 15) is 0 Å². The molecule has 0 aromatic heterocycles. The fourth-order valence-corrected chi connectivity index (χ4v) is 0. The van der Waals surface area contributed by atoms with Gasteiger partial charge in [0.2, 0.25) is 0 Å². The summed E-state index contributed by atoms with van der Waals surface area (Å²) in [5.41, 5.74) is 0. The van der Waals surface area contributed by atoms with Gasteiger partial charge in [-0.2, -0.15) is 0 Å². The minimum Gasteiger partial charge on any atom is 0 e. The molecule has 0 aliphatic carbocycles. The van der Waals surface area contributed by atoms with Crippen molar-refractivity contribution in [2.24, 2.45) is 0 Å². The summed E-state index contributed by atoms with van der Waals surface area (Å²) in [6.45, 7) is 0. The molecule has 4 heteroatoms. The van der Waals surface area contributed by atoms with Gasteiger partial charge in [-0.3, -0.25) is 0 Å². The fraction of sp³-hybridized carbons (Fsp3) is 0. The molecule has 0 amide bonds. The standard InChI is InChI=1S/Gd.La.Mg.Sr. The molecule has 0 rings (SSSR count). The van der Waals surface area contributed by atoms with Gasteiger partial charge in [0.05, 0.1) is 0 Å². The molecule has 0 aliphatic heterocycles. The molecule has 0 spiro atoms. The molecule has 0 aromatic rings. The first-order valence-electron chi connectivity index (χ1n) is 0. The Morgan fingerprint density at radius 1 is 1.00 bits per heavy atom. The van der Waals surface area contributed by atoms with Crippen molar-refractivity contribution in [3.8, 4) is 0 Å². The summed E-state index contributed by atoms with van der Waals surface area (Å²) in [6, 6.07) is 0. The molecule has 0 N–H and O–H groups in total. The van der Waals surface area contributed by atoms with E-state index in [0.717, 1.165) is 0 Å². The largest absolute Gasteiger partial charge is 0 e. The van der Waals surface area contributed by atoms with E-state index >= 15 is 0 Å². The van der Waals surface area contributed by atoms with Crippen LogP contribution < -0.4 is 0 Å². The number of rotatable bonds is 0. The molecule has 0 saturated carbocycles. The molecule has 0 aliphatic rings. The third kappa shape index (κ3) is 9.90. The molecule has 0 atom stereocenters. The fourth-order valence-electron chi connectivity index (χ4n) is 0. The van der Waals surface area contributed by atoms with E-state index in [4.69, 9.17) is 0 Å². The van der Waals surface area contributed by atoms with Crippen LogP contribution in [0.25, 0.3) is 0 Å². The van der Waals surface area contributed by atoms with Crippen LogP contribution in [0.5, 0.6) is 0 Å². The maximum absolute atomic E-state index is 0. The number of hydrogen-bond acceptors (Lipinski definition) is 0. The third-order valence-electron chi connectivity index (χ3n) is 0. The van der Waals surface area contributed by atoms with Crippen molar-refractivity contribution in [3.05, 3.63) is 0 Å². The Kier molecular flexibility index (Phi) is 91.1. The van der Waals surface area contributed by atoms with Gasteiger partial charge < -0.3 is 0 Å². The van der Waals surface area contributed by atoms with Gasteiger partial charge in [-0.25, -0.2) is 0 Å². The van der Waals surface area contributed by atoms with Crippen LogP contribution in [0.2, 0.25) is 0 Å². The van der Waals surface area contributed by atoms with Crippen LogP contribution in [0.3, 0.4) is 0 Å². The van der Waals surface area contributed by atoms with Gasteiger partial charge in [0, 0.05) is 144 Å². The molecule has 0 saturated heterocycles. The minimum atomic E-state index is 0. The maximum Gasteiger partial charge on any atom is 0 e. The van der Waals surface area contributed by atoms with E-state index in [0.29, 0.717) is 0 Å². The van der Waals surface area contributed by atoms with Gasteiger partial charge >= 0.3 is 0 Å². The first-order valence-corrected chi connectivity index (χ1v) is 0. The van der Waals surface area contributed by atoms with Gasteiger partial charge in [0.1, 0.15) is 0 Å². The summed E-state index contributed by atoms with van der Waals surface area (Å²) in [6.07, 6.45) is 0. The first-order chi connectivity index (χ1) is 0. The van der Waals surface area contributed by atoms with Crippen molar-refractivity contribution < 1.29 is 75.5 Å². The number of hydrogen-bond donors (Lipinski definition) is 0. The molecular weight excluding hydrogens is 408 g/mol. The summed E-state index contributed by atoms with van der Waals surface area (Å²) in [7, 11) is 0. The van der Waals surface area contributed by atoms with Crippen LogP contribution in [-0.2, 0) is 0 Å². The molecule has 0 unspecified atom stereocenters. The van der Waals surface area contributed by atoms with E-state index in [2.05, 4.69) is 0 Å². The Bertz CT molecular complexity index is 8.00. The third-order valence-corrected chi connectivity index (χ3v) is 0. The van der Waals surface area contributed by atoms with Gasteiger partial charge in [0.25, 0.3) is 0 Å². The van der Waals surface area contributed by atoms with Crippen molar-refractivity contribution >= 4 is 68.5 Å². The Morgan fingerprint density at radius 3 is 1.00 bits per heavy atom. The summed E-state index contributed by atoms with van der Waals surface area (Å²) in [5, 5.41) is 0. The topological polar surface area (TPSA) is 0 Å². The second-order valence-electron chi connectivity index (χ2n) is 0. The Morgan fingerprint density at radius 2 is 1.00 bits per heavy atom. The Labute approximate surface area is 139 Å². The summed E-state index contributed by atoms with van der Waals surface area (Å²) < 4.78 is 0. The molecule has 4 heavy (non-hydrogen) atoms. The van der Waals surface area contributed by atoms with E-state index < -0.39 is 0 Å². The smallest absolute Gasteiger partial charge is 0 e. The molecule has 0 aromatic carbocycles. The van der Waals surface area contributed by atoms with E-state index in [1.807, 2.05) is 0 Å². The molecule has 15 valence electrons. The van der Waals surface area contributed by atoms with Crippen LogP contribution >= 0.6 is 0 Å². The zero-order valence-electron chi connectivity index (χ0n) is 2.35. The van der Waals surface area contributed by atoms with Crippen LogP contribution in [0.15, 0.2) is 0 Å². The van der Waals surface area contributed by atoms with Gasteiger partial charge in [-0.05, 0) is 0 Å². The van der Waals surface area contributed by atoms with Crippen molar-refractivity contribution in [3.63, 3.8) is 0 Å². The minimum absolute atomic E-state index is 0. The average Bonchev–Trinajstić information content (AvgIpc) is 0. The predicted octanol–water partition coefficient (Wildman–Crippen LogP) is -0.762. The summed E-state index contributed by atoms with van der Waals surface area (Å²) >= 11 is 0. The van der Waals surface area contributed by atoms with E-state index in [1.165, 1.54) is 0 Å². The molecule has 0 fully saturated rings. The maximum atomic E-state index is 0.